The smallest absolute Gasteiger partial charge is 0.0751 e. The molecule has 2 aromatic rings. The first-order chi connectivity index (χ1) is 11.8. The molecule has 0 aliphatic rings. The average molecular weight is 540 g/mol. The van der Waals surface area contributed by atoms with E-state index in [2.05, 4.69) is 16.0 Å². The minimum Gasteiger partial charge on any atom is -0.516 e. The summed E-state index contributed by atoms with van der Waals surface area (Å²) in [7, 11) is 3.22. The zero-order valence-corrected chi connectivity index (χ0v) is 18.4. The Morgan fingerprint density at radius 1 is 1.08 bits per heavy atom. The Balaban J connectivity index is 0.000000673. The molecule has 6 nitrogen and oxygen atoms in total. The van der Waals surface area contributed by atoms with Gasteiger partial charge in [-0.25, -0.2) is 0 Å². The number of ether oxygens (including phenoxy) is 2. The monoisotopic (exact) mass is 540 g/mol. The van der Waals surface area contributed by atoms with Crippen molar-refractivity contribution in [1.82, 2.24) is 9.97 Å². The first kappa shape index (κ1) is 24.5. The Bertz CT molecular complexity index is 650. The molecule has 0 aliphatic carbocycles. The fraction of sp³-hybridized carbons (Fsp3) is 0.474. The Hall–Kier alpha value is -1.53. The van der Waals surface area contributed by atoms with Crippen LogP contribution in [0.15, 0.2) is 18.3 Å². The van der Waals surface area contributed by atoms with Crippen molar-refractivity contribution in [2.75, 3.05) is 14.2 Å². The molecule has 2 N–H and O–H groups in total. The second-order valence-electron chi connectivity index (χ2n) is 5.88. The summed E-state index contributed by atoms with van der Waals surface area (Å²) in [5, 5.41) is 17.1. The molecule has 0 bridgehead atoms. The molecule has 0 saturated carbocycles. The van der Waals surface area contributed by atoms with Crippen molar-refractivity contribution in [2.24, 2.45) is 0 Å². The van der Waals surface area contributed by atoms with Crippen LogP contribution in [0.2, 0.25) is 0 Å². The van der Waals surface area contributed by atoms with Crippen LogP contribution >= 0.6 is 0 Å². The Labute approximate surface area is 169 Å². The summed E-state index contributed by atoms with van der Waals surface area (Å²) in [6.07, 6.45) is 1.46. The maximum atomic E-state index is 8.56. The van der Waals surface area contributed by atoms with Crippen molar-refractivity contribution >= 4 is 0 Å². The fourth-order valence-corrected chi connectivity index (χ4v) is 2.23. The van der Waals surface area contributed by atoms with Crippen molar-refractivity contribution in [1.29, 1.82) is 0 Å². The van der Waals surface area contributed by atoms with Crippen LogP contribution < -0.4 is 9.47 Å². The van der Waals surface area contributed by atoms with E-state index in [9.17, 15) is 0 Å². The zero-order chi connectivity index (χ0) is 19.0. The number of rotatable bonds is 5. The molecule has 0 aliphatic heterocycles. The van der Waals surface area contributed by atoms with Crippen LogP contribution in [0.4, 0.5) is 0 Å². The SMILES string of the molecule is CC(O)CC(C)O.COc1[c-]c(-c2ncc(C)nc2C)cc(OC)c1.[Ir]. The number of aliphatic hydroxyl groups excluding tert-OH is 2. The van der Waals surface area contributed by atoms with Crippen LogP contribution in [0.3, 0.4) is 0 Å². The van der Waals surface area contributed by atoms with E-state index >= 15 is 0 Å². The molecule has 2 rings (SSSR count). The molecule has 0 saturated heterocycles. The Morgan fingerprint density at radius 3 is 2.12 bits per heavy atom. The first-order valence-electron chi connectivity index (χ1n) is 8.08. The standard InChI is InChI=1S/C14H15N2O2.C5H12O2.Ir/c1-9-8-15-14(10(2)16-9)11-5-12(17-3)7-13(6-11)18-4;1-4(6)3-5(2)7;/h5,7-8H,1-4H3;4-7H,3H2,1-2H3;/q-1;;. The second kappa shape index (κ2) is 12.0. The summed E-state index contributed by atoms with van der Waals surface area (Å²) < 4.78 is 10.4. The second-order valence-corrected chi connectivity index (χ2v) is 5.88. The van der Waals surface area contributed by atoms with E-state index in [0.717, 1.165) is 22.6 Å². The maximum absolute atomic E-state index is 8.56. The average Bonchev–Trinajstić information content (AvgIpc) is 2.53. The number of aliphatic hydroxyl groups is 2. The predicted octanol–water partition coefficient (Wildman–Crippen LogP) is 2.71. The number of aryl methyl sites for hydroxylation is 2. The van der Waals surface area contributed by atoms with Crippen LogP contribution in [0, 0.1) is 19.9 Å². The van der Waals surface area contributed by atoms with Crippen LogP contribution in [0.25, 0.3) is 11.3 Å². The molecule has 1 aromatic heterocycles. The minimum absolute atomic E-state index is 0. The summed E-state index contributed by atoms with van der Waals surface area (Å²) in [4.78, 5) is 8.79. The zero-order valence-electron chi connectivity index (χ0n) is 16.0. The van der Waals surface area contributed by atoms with Crippen molar-refractivity contribution in [3.8, 4) is 22.8 Å². The molecule has 26 heavy (non-hydrogen) atoms. The van der Waals surface area contributed by atoms with Gasteiger partial charge in [-0.15, -0.1) is 11.6 Å². The van der Waals surface area contributed by atoms with E-state index in [1.165, 1.54) is 0 Å². The topological polar surface area (TPSA) is 84.7 Å². The molecule has 7 heteroatoms. The number of nitrogens with zero attached hydrogens (tertiary/aromatic N) is 2. The molecule has 2 unspecified atom stereocenters. The molecule has 0 amide bonds. The van der Waals surface area contributed by atoms with Gasteiger partial charge in [-0.2, -0.15) is 0 Å². The fourth-order valence-electron chi connectivity index (χ4n) is 2.23. The van der Waals surface area contributed by atoms with Crippen LogP contribution in [0.1, 0.15) is 31.7 Å². The largest absolute Gasteiger partial charge is 0.516 e. The van der Waals surface area contributed by atoms with Crippen LogP contribution in [-0.2, 0) is 20.1 Å². The molecule has 147 valence electrons. The summed E-state index contributed by atoms with van der Waals surface area (Å²) in [6.45, 7) is 7.16. The number of benzene rings is 1. The van der Waals surface area contributed by atoms with Crippen molar-refractivity contribution in [3.05, 3.63) is 35.8 Å². The van der Waals surface area contributed by atoms with Crippen molar-refractivity contribution in [2.45, 2.75) is 46.3 Å². The number of hydrogen-bond donors (Lipinski definition) is 2. The van der Waals surface area contributed by atoms with Gasteiger partial charge >= 0.3 is 0 Å². The van der Waals surface area contributed by atoms with Crippen molar-refractivity contribution < 1.29 is 39.8 Å². The van der Waals surface area contributed by atoms with Gasteiger partial charge in [0.15, 0.2) is 0 Å². The maximum Gasteiger partial charge on any atom is 0.0751 e. The van der Waals surface area contributed by atoms with E-state index in [1.807, 2.05) is 19.9 Å². The molecule has 1 aromatic carbocycles. The van der Waals surface area contributed by atoms with Gasteiger partial charge < -0.3 is 24.7 Å². The Morgan fingerprint density at radius 2 is 1.69 bits per heavy atom. The molecule has 1 radical (unpaired) electrons. The van der Waals surface area contributed by atoms with E-state index in [-0.39, 0.29) is 32.3 Å². The minimum atomic E-state index is -0.375. The van der Waals surface area contributed by atoms with Gasteiger partial charge in [-0.05, 0) is 34.1 Å². The molecular formula is C19H27IrN2O4-. The van der Waals surface area contributed by atoms with E-state index < -0.39 is 0 Å². The molecule has 1 heterocycles. The third-order valence-corrected chi connectivity index (χ3v) is 3.28. The first-order valence-corrected chi connectivity index (χ1v) is 8.08. The Kier molecular flexibility index (Phi) is 11.3. The molecular weight excluding hydrogens is 512 g/mol. The van der Waals surface area contributed by atoms with Crippen molar-refractivity contribution in [3.63, 3.8) is 0 Å². The van der Waals surface area contributed by atoms with Gasteiger partial charge in [0.05, 0.1) is 32.1 Å². The molecule has 0 fully saturated rings. The number of methoxy groups -OCH3 is 2. The van der Waals surface area contributed by atoms with Crippen LogP contribution in [0.5, 0.6) is 11.5 Å². The predicted molar refractivity (Wildman–Crippen MR) is 96.9 cm³/mol. The normalized spacial score (nSPS) is 12.2. The third kappa shape index (κ3) is 8.23. The van der Waals surface area contributed by atoms with Crippen LogP contribution in [-0.4, -0.2) is 46.6 Å². The number of aromatic nitrogens is 2. The van der Waals surface area contributed by atoms with Gasteiger partial charge in [-0.1, -0.05) is 12.1 Å². The molecule has 0 spiro atoms. The van der Waals surface area contributed by atoms with Gasteiger partial charge in [0.2, 0.25) is 0 Å². The summed E-state index contributed by atoms with van der Waals surface area (Å²) in [6, 6.07) is 6.79. The third-order valence-electron chi connectivity index (χ3n) is 3.28. The van der Waals surface area contributed by atoms with Gasteiger partial charge in [0.25, 0.3) is 0 Å². The van der Waals surface area contributed by atoms with Gasteiger partial charge in [0.1, 0.15) is 0 Å². The summed E-state index contributed by atoms with van der Waals surface area (Å²) in [5.74, 6) is 1.33. The van der Waals surface area contributed by atoms with Gasteiger partial charge in [0, 0.05) is 49.2 Å². The number of hydrogen-bond acceptors (Lipinski definition) is 6. The van der Waals surface area contributed by atoms with E-state index in [1.54, 1.807) is 40.3 Å². The van der Waals surface area contributed by atoms with Gasteiger partial charge in [-0.3, -0.25) is 4.98 Å². The summed E-state index contributed by atoms with van der Waals surface area (Å²) in [5.41, 5.74) is 3.36. The summed E-state index contributed by atoms with van der Waals surface area (Å²) >= 11 is 0. The molecule has 2 atom stereocenters. The van der Waals surface area contributed by atoms with E-state index in [4.69, 9.17) is 19.7 Å². The van der Waals surface area contributed by atoms with E-state index in [0.29, 0.717) is 17.9 Å². The quantitative estimate of drug-likeness (QED) is 0.569.